The number of nitrogens with zero attached hydrogens (tertiary/aromatic N) is 3. The number of nitrogens with one attached hydrogen (secondary N) is 1. The zero-order valence-corrected chi connectivity index (χ0v) is 15.1. The molecule has 1 heterocycles. The van der Waals surface area contributed by atoms with Crippen LogP contribution in [0, 0.1) is 5.92 Å². The number of carbonyl (C=O) groups is 1. The van der Waals surface area contributed by atoms with Crippen LogP contribution < -0.4 is 10.2 Å². The fourth-order valence-electron chi connectivity index (χ4n) is 3.15. The van der Waals surface area contributed by atoms with Crippen LogP contribution in [0.3, 0.4) is 0 Å². The Morgan fingerprint density at radius 3 is 2.54 bits per heavy atom. The summed E-state index contributed by atoms with van der Waals surface area (Å²) in [4.78, 5) is 22.2. The van der Waals surface area contributed by atoms with E-state index in [1.807, 2.05) is 36.9 Å². The highest BCUT2D eigenvalue weighted by atomic mass is 16.2. The molecule has 1 aromatic carbocycles. The van der Waals surface area contributed by atoms with E-state index in [1.165, 1.54) is 0 Å². The van der Waals surface area contributed by atoms with Crippen molar-refractivity contribution >= 4 is 24.1 Å². The van der Waals surface area contributed by atoms with Crippen molar-refractivity contribution in [1.82, 2.24) is 5.32 Å². The summed E-state index contributed by atoms with van der Waals surface area (Å²) >= 11 is 0. The second-order valence-corrected chi connectivity index (χ2v) is 6.31. The van der Waals surface area contributed by atoms with E-state index < -0.39 is 0 Å². The van der Waals surface area contributed by atoms with Crippen molar-refractivity contribution in [3.8, 4) is 0 Å². The van der Waals surface area contributed by atoms with Crippen LogP contribution in [-0.4, -0.2) is 24.5 Å². The van der Waals surface area contributed by atoms with E-state index in [-0.39, 0.29) is 23.9 Å². The third-order valence-corrected chi connectivity index (χ3v) is 4.62. The van der Waals surface area contributed by atoms with Crippen molar-refractivity contribution < 1.29 is 4.79 Å². The average molecular weight is 326 g/mol. The number of amides is 1. The Bertz CT molecular complexity index is 692. The molecule has 1 aliphatic rings. The Morgan fingerprint density at radius 2 is 1.92 bits per heavy atom. The maximum absolute atomic E-state index is 12.1. The topological polar surface area (TPSA) is 57.1 Å². The molecule has 128 valence electrons. The van der Waals surface area contributed by atoms with Gasteiger partial charge in [-0.05, 0) is 39.1 Å². The van der Waals surface area contributed by atoms with Gasteiger partial charge in [-0.1, -0.05) is 25.1 Å². The fraction of sp³-hybridized carbons (Fsp3) is 0.421. The van der Waals surface area contributed by atoms with E-state index in [4.69, 9.17) is 0 Å². The van der Waals surface area contributed by atoms with Crippen LogP contribution in [0.2, 0.25) is 0 Å². The van der Waals surface area contributed by atoms with E-state index >= 15 is 0 Å². The van der Waals surface area contributed by atoms with Gasteiger partial charge in [0.25, 0.3) is 0 Å². The Balaban J connectivity index is 2.38. The predicted molar refractivity (Wildman–Crippen MR) is 101 cm³/mol. The molecule has 0 aromatic heterocycles. The number of anilines is 1. The number of benzene rings is 1. The molecule has 0 saturated carbocycles. The molecule has 3 atom stereocenters. The molecule has 0 aliphatic carbocycles. The minimum atomic E-state index is 0.0706. The van der Waals surface area contributed by atoms with Gasteiger partial charge in [-0.15, -0.1) is 0 Å². The summed E-state index contributed by atoms with van der Waals surface area (Å²) in [5, 5.41) is 3.50. The number of hydrogen-bond donors (Lipinski definition) is 1. The number of amidine groups is 1. The van der Waals surface area contributed by atoms with Crippen molar-refractivity contribution in [3.05, 3.63) is 41.7 Å². The Hall–Kier alpha value is -2.43. The molecule has 1 aliphatic heterocycles. The smallest absolute Gasteiger partial charge is 0.224 e. The molecular weight excluding hydrogens is 300 g/mol. The van der Waals surface area contributed by atoms with Gasteiger partial charge < -0.3 is 10.2 Å². The lowest BCUT2D eigenvalue weighted by Crippen LogP contribution is -2.50. The number of allylic oxidation sites excluding steroid dienone is 1. The highest BCUT2D eigenvalue weighted by Crippen LogP contribution is 2.40. The monoisotopic (exact) mass is 326 g/mol. The summed E-state index contributed by atoms with van der Waals surface area (Å²) in [6, 6.07) is 8.26. The number of aliphatic imine (C=N–C) groups is 2. The van der Waals surface area contributed by atoms with Crippen molar-refractivity contribution in [2.24, 2.45) is 15.9 Å². The molecule has 0 fully saturated rings. The lowest BCUT2D eigenvalue weighted by Gasteiger charge is -2.44. The van der Waals surface area contributed by atoms with E-state index in [0.29, 0.717) is 0 Å². The van der Waals surface area contributed by atoms with Crippen molar-refractivity contribution in [2.45, 2.75) is 46.7 Å². The molecule has 5 nitrogen and oxygen atoms in total. The molecule has 2 rings (SSSR count). The number of para-hydroxylation sites is 1. The van der Waals surface area contributed by atoms with Crippen LogP contribution in [0.1, 0.15) is 46.2 Å². The zero-order chi connectivity index (χ0) is 17.9. The molecule has 0 saturated heterocycles. The van der Waals surface area contributed by atoms with Gasteiger partial charge in [-0.25, -0.2) is 4.99 Å². The number of carbonyl (C=O) groups excluding carboxylic acids is 1. The van der Waals surface area contributed by atoms with E-state index in [2.05, 4.69) is 41.9 Å². The van der Waals surface area contributed by atoms with Gasteiger partial charge in [0.05, 0.1) is 23.8 Å². The van der Waals surface area contributed by atoms with E-state index in [0.717, 1.165) is 22.8 Å². The second kappa shape index (κ2) is 7.43. The van der Waals surface area contributed by atoms with Gasteiger partial charge in [0.2, 0.25) is 5.91 Å². The molecule has 0 bridgehead atoms. The van der Waals surface area contributed by atoms with Crippen molar-refractivity contribution in [1.29, 1.82) is 0 Å². The van der Waals surface area contributed by atoms with Crippen LogP contribution >= 0.6 is 0 Å². The minimum absolute atomic E-state index is 0.0706. The Kier molecular flexibility index (Phi) is 5.54. The first-order valence-electron chi connectivity index (χ1n) is 8.20. The molecule has 0 spiro atoms. The lowest BCUT2D eigenvalue weighted by atomic mass is 9.83. The maximum Gasteiger partial charge on any atom is 0.224 e. The standard InChI is InChI=1S/C19H26N4O/c1-12(20-6)11-21-15(4)22-19-13(2)14(3)23(16(5)24)18-10-8-7-9-17(18)19/h7-11,13-14,19H,6H2,1-5H3,(H,21,22)/b12-11-/t13-,14-,19?/m0/s1. The quantitative estimate of drug-likeness (QED) is 0.680. The predicted octanol–water partition coefficient (Wildman–Crippen LogP) is 3.69. The zero-order valence-electron chi connectivity index (χ0n) is 15.1. The fourth-order valence-corrected chi connectivity index (χ4v) is 3.15. The highest BCUT2D eigenvalue weighted by molar-refractivity contribution is 5.94. The Morgan fingerprint density at radius 1 is 1.25 bits per heavy atom. The lowest BCUT2D eigenvalue weighted by molar-refractivity contribution is -0.117. The summed E-state index contributed by atoms with van der Waals surface area (Å²) in [6.07, 6.45) is 1.69. The normalized spacial score (nSPS) is 24.4. The summed E-state index contributed by atoms with van der Waals surface area (Å²) < 4.78 is 0. The highest BCUT2D eigenvalue weighted by Gasteiger charge is 2.37. The first-order valence-corrected chi connectivity index (χ1v) is 8.20. The van der Waals surface area contributed by atoms with E-state index in [1.54, 1.807) is 13.1 Å². The van der Waals surface area contributed by atoms with Crippen LogP contribution in [0.5, 0.6) is 0 Å². The average Bonchev–Trinajstić information content (AvgIpc) is 2.56. The Labute approximate surface area is 144 Å². The van der Waals surface area contributed by atoms with Gasteiger partial charge in [-0.3, -0.25) is 9.79 Å². The maximum atomic E-state index is 12.1. The van der Waals surface area contributed by atoms with Gasteiger partial charge >= 0.3 is 0 Å². The van der Waals surface area contributed by atoms with Crippen molar-refractivity contribution in [2.75, 3.05) is 4.90 Å². The summed E-state index contributed by atoms with van der Waals surface area (Å²) in [5.41, 5.74) is 2.86. The van der Waals surface area contributed by atoms with Crippen LogP contribution in [0.25, 0.3) is 0 Å². The SMILES string of the molecule is C=N/C(C)=C\N=C(/C)NC1c2ccccc2N(C(C)=O)[C@@H](C)[C@@H]1C. The number of hydrogen-bond acceptors (Lipinski definition) is 3. The summed E-state index contributed by atoms with van der Waals surface area (Å²) in [5.74, 6) is 1.13. The minimum Gasteiger partial charge on any atom is -0.367 e. The van der Waals surface area contributed by atoms with Gasteiger partial charge in [-0.2, -0.15) is 0 Å². The molecule has 1 amide bonds. The van der Waals surface area contributed by atoms with Gasteiger partial charge in [0, 0.05) is 24.6 Å². The summed E-state index contributed by atoms with van der Waals surface area (Å²) in [7, 11) is 0. The molecule has 24 heavy (non-hydrogen) atoms. The van der Waals surface area contributed by atoms with Crippen LogP contribution in [0.4, 0.5) is 5.69 Å². The van der Waals surface area contributed by atoms with E-state index in [9.17, 15) is 4.79 Å². The first kappa shape index (κ1) is 17.9. The first-order chi connectivity index (χ1) is 11.4. The molecular formula is C19H26N4O. The third-order valence-electron chi connectivity index (χ3n) is 4.62. The molecule has 1 N–H and O–H groups in total. The van der Waals surface area contributed by atoms with Crippen LogP contribution in [0.15, 0.2) is 46.1 Å². The van der Waals surface area contributed by atoms with Crippen LogP contribution in [-0.2, 0) is 4.79 Å². The largest absolute Gasteiger partial charge is 0.367 e. The molecule has 5 heteroatoms. The third kappa shape index (κ3) is 3.55. The summed E-state index contributed by atoms with van der Waals surface area (Å²) in [6.45, 7) is 13.2. The second-order valence-electron chi connectivity index (χ2n) is 6.31. The molecule has 0 radical (unpaired) electrons. The van der Waals surface area contributed by atoms with Gasteiger partial charge in [0.1, 0.15) is 0 Å². The van der Waals surface area contributed by atoms with Gasteiger partial charge in [0.15, 0.2) is 0 Å². The van der Waals surface area contributed by atoms with Crippen molar-refractivity contribution in [3.63, 3.8) is 0 Å². The molecule has 1 unspecified atom stereocenters. The number of rotatable bonds is 3. The molecule has 1 aromatic rings. The number of fused-ring (bicyclic) bond motifs is 1.